The van der Waals surface area contributed by atoms with Crippen LogP contribution in [-0.4, -0.2) is 51.8 Å². The van der Waals surface area contributed by atoms with Gasteiger partial charge in [-0.1, -0.05) is 24.3 Å². The Morgan fingerprint density at radius 1 is 1.07 bits per heavy atom. The first kappa shape index (κ1) is 22.1. The highest BCUT2D eigenvalue weighted by Gasteiger charge is 2.08. The van der Waals surface area contributed by atoms with Gasteiger partial charge >= 0.3 is 0 Å². The molecule has 0 fully saturated rings. The van der Waals surface area contributed by atoms with E-state index in [1.807, 2.05) is 38.1 Å². The Balaban J connectivity index is 1.69. The molecule has 0 heterocycles. The second-order valence-electron chi connectivity index (χ2n) is 6.56. The van der Waals surface area contributed by atoms with E-state index in [-0.39, 0.29) is 12.0 Å². The molecule has 0 aliphatic rings. The molecule has 156 valence electrons. The Bertz CT molecular complexity index is 823. The van der Waals surface area contributed by atoms with E-state index in [0.29, 0.717) is 36.9 Å². The zero-order valence-corrected chi connectivity index (χ0v) is 17.5. The van der Waals surface area contributed by atoms with Gasteiger partial charge in [-0.15, -0.1) is 0 Å². The van der Waals surface area contributed by atoms with Gasteiger partial charge in [0.05, 0.1) is 13.7 Å². The number of hydrogen-bond acceptors (Lipinski definition) is 4. The number of para-hydroxylation sites is 1. The van der Waals surface area contributed by atoms with Gasteiger partial charge in [0, 0.05) is 25.7 Å². The third-order valence-electron chi connectivity index (χ3n) is 4.24. The maximum Gasteiger partial charge on any atom is 0.251 e. The molecule has 0 saturated heterocycles. The van der Waals surface area contributed by atoms with Gasteiger partial charge in [0.1, 0.15) is 17.6 Å². The number of methoxy groups -OCH3 is 1. The summed E-state index contributed by atoms with van der Waals surface area (Å²) in [5.41, 5.74) is 1.67. The molecule has 0 aliphatic carbocycles. The first-order chi connectivity index (χ1) is 14.0. The minimum Gasteiger partial charge on any atom is -0.497 e. The molecule has 0 spiro atoms. The number of nitrogens with one attached hydrogen (secondary N) is 3. The summed E-state index contributed by atoms with van der Waals surface area (Å²) in [5.74, 6) is 2.04. The van der Waals surface area contributed by atoms with Gasteiger partial charge in [0.2, 0.25) is 0 Å². The predicted octanol–water partition coefficient (Wildman–Crippen LogP) is 2.37. The fourth-order valence-electron chi connectivity index (χ4n) is 2.63. The molecule has 1 unspecified atom stereocenters. The molecule has 1 amide bonds. The second-order valence-corrected chi connectivity index (χ2v) is 6.56. The van der Waals surface area contributed by atoms with Gasteiger partial charge in [-0.3, -0.25) is 9.79 Å². The van der Waals surface area contributed by atoms with Crippen molar-refractivity contribution in [1.82, 2.24) is 16.0 Å². The number of benzene rings is 2. The zero-order valence-electron chi connectivity index (χ0n) is 17.5. The van der Waals surface area contributed by atoms with Crippen LogP contribution in [0.15, 0.2) is 53.5 Å². The van der Waals surface area contributed by atoms with Crippen LogP contribution in [0.4, 0.5) is 0 Å². The van der Waals surface area contributed by atoms with E-state index in [0.717, 1.165) is 11.3 Å². The van der Waals surface area contributed by atoms with Gasteiger partial charge in [-0.25, -0.2) is 0 Å². The molecule has 2 rings (SSSR count). The van der Waals surface area contributed by atoms with E-state index < -0.39 is 0 Å². The fourth-order valence-corrected chi connectivity index (χ4v) is 2.63. The van der Waals surface area contributed by atoms with Crippen molar-refractivity contribution in [3.05, 3.63) is 59.7 Å². The van der Waals surface area contributed by atoms with Crippen molar-refractivity contribution in [2.24, 2.45) is 4.99 Å². The quantitative estimate of drug-likeness (QED) is 0.343. The van der Waals surface area contributed by atoms with Crippen LogP contribution >= 0.6 is 0 Å². The molecule has 0 aromatic heterocycles. The maximum absolute atomic E-state index is 12.2. The van der Waals surface area contributed by atoms with Crippen molar-refractivity contribution >= 4 is 11.9 Å². The Morgan fingerprint density at radius 2 is 1.83 bits per heavy atom. The largest absolute Gasteiger partial charge is 0.497 e. The Morgan fingerprint density at radius 3 is 2.55 bits per heavy atom. The van der Waals surface area contributed by atoms with E-state index in [1.165, 1.54) is 0 Å². The van der Waals surface area contributed by atoms with Crippen molar-refractivity contribution in [3.63, 3.8) is 0 Å². The number of hydrogen-bond donors (Lipinski definition) is 3. The molecule has 0 bridgehead atoms. The lowest BCUT2D eigenvalue weighted by Gasteiger charge is -2.19. The van der Waals surface area contributed by atoms with E-state index in [4.69, 9.17) is 9.47 Å². The normalized spacial score (nSPS) is 12.1. The minimum atomic E-state index is -0.145. The molecule has 0 saturated carbocycles. The Labute approximate surface area is 172 Å². The summed E-state index contributed by atoms with van der Waals surface area (Å²) in [6, 6.07) is 15.0. The van der Waals surface area contributed by atoms with E-state index in [9.17, 15) is 4.79 Å². The van der Waals surface area contributed by atoms with Crippen LogP contribution in [0.1, 0.15) is 22.8 Å². The van der Waals surface area contributed by atoms with Crippen molar-refractivity contribution in [2.75, 3.05) is 33.8 Å². The maximum atomic E-state index is 12.2. The highest BCUT2D eigenvalue weighted by atomic mass is 16.5. The Hall–Kier alpha value is -3.22. The smallest absolute Gasteiger partial charge is 0.251 e. The molecule has 0 radical (unpaired) electrons. The van der Waals surface area contributed by atoms with Crippen LogP contribution in [0.25, 0.3) is 0 Å². The molecule has 1 atom stereocenters. The van der Waals surface area contributed by atoms with E-state index in [1.54, 1.807) is 38.4 Å². The third kappa shape index (κ3) is 7.37. The number of aliphatic imine (C=N–C) groups is 1. The van der Waals surface area contributed by atoms with Crippen LogP contribution in [0, 0.1) is 6.92 Å². The fraction of sp³-hybridized carbons (Fsp3) is 0.364. The third-order valence-corrected chi connectivity index (χ3v) is 4.24. The summed E-state index contributed by atoms with van der Waals surface area (Å²) >= 11 is 0. The summed E-state index contributed by atoms with van der Waals surface area (Å²) in [6.07, 6.45) is -0.0255. The summed E-state index contributed by atoms with van der Waals surface area (Å²) in [6.45, 7) is 5.63. The number of guanidine groups is 1. The lowest BCUT2D eigenvalue weighted by atomic mass is 10.2. The van der Waals surface area contributed by atoms with Crippen LogP contribution in [-0.2, 0) is 0 Å². The molecule has 3 N–H and O–H groups in total. The predicted molar refractivity (Wildman–Crippen MR) is 116 cm³/mol. The van der Waals surface area contributed by atoms with Crippen LogP contribution in [0.2, 0.25) is 0 Å². The molecular weight excluding hydrogens is 368 g/mol. The zero-order chi connectivity index (χ0) is 21.1. The number of nitrogens with zero attached hydrogens (tertiary/aromatic N) is 1. The number of aryl methyl sites for hydroxylation is 1. The van der Waals surface area contributed by atoms with Crippen molar-refractivity contribution in [3.8, 4) is 11.5 Å². The monoisotopic (exact) mass is 398 g/mol. The minimum absolute atomic E-state index is 0.0255. The van der Waals surface area contributed by atoms with E-state index >= 15 is 0 Å². The SMILES string of the molecule is CN=C(NCCNC(=O)c1cccc(OC)c1)NCC(C)Oc1ccccc1C. The number of carbonyl (C=O) groups excluding carboxylic acids is 1. The van der Waals surface area contributed by atoms with Crippen LogP contribution < -0.4 is 25.4 Å². The second kappa shape index (κ2) is 11.6. The molecule has 29 heavy (non-hydrogen) atoms. The van der Waals surface area contributed by atoms with Crippen molar-refractivity contribution in [1.29, 1.82) is 0 Å². The average molecular weight is 399 g/mol. The first-order valence-corrected chi connectivity index (χ1v) is 9.62. The number of ether oxygens (including phenoxy) is 2. The van der Waals surface area contributed by atoms with Gasteiger partial charge in [-0.05, 0) is 43.7 Å². The molecule has 7 heteroatoms. The standard InChI is InChI=1S/C22H30N4O3/c1-16-8-5-6-11-20(16)29-17(2)15-26-22(23-3)25-13-12-24-21(27)18-9-7-10-19(14-18)28-4/h5-11,14,17H,12-13,15H2,1-4H3,(H,24,27)(H2,23,25,26). The van der Waals surface area contributed by atoms with Gasteiger partial charge in [0.25, 0.3) is 5.91 Å². The van der Waals surface area contributed by atoms with Crippen LogP contribution in [0.3, 0.4) is 0 Å². The average Bonchev–Trinajstić information content (AvgIpc) is 2.74. The lowest BCUT2D eigenvalue weighted by molar-refractivity contribution is 0.0954. The number of amides is 1. The number of carbonyl (C=O) groups is 1. The van der Waals surface area contributed by atoms with Crippen LogP contribution in [0.5, 0.6) is 11.5 Å². The highest BCUT2D eigenvalue weighted by molar-refractivity contribution is 5.94. The molecule has 7 nitrogen and oxygen atoms in total. The summed E-state index contributed by atoms with van der Waals surface area (Å²) < 4.78 is 11.1. The van der Waals surface area contributed by atoms with Gasteiger partial charge in [-0.2, -0.15) is 0 Å². The van der Waals surface area contributed by atoms with Gasteiger partial charge in [0.15, 0.2) is 5.96 Å². The first-order valence-electron chi connectivity index (χ1n) is 9.62. The van der Waals surface area contributed by atoms with E-state index in [2.05, 4.69) is 20.9 Å². The molecule has 2 aromatic carbocycles. The summed E-state index contributed by atoms with van der Waals surface area (Å²) in [4.78, 5) is 16.4. The molecule has 2 aromatic rings. The number of rotatable bonds is 9. The van der Waals surface area contributed by atoms with Gasteiger partial charge < -0.3 is 25.4 Å². The lowest BCUT2D eigenvalue weighted by Crippen LogP contribution is -2.44. The topological polar surface area (TPSA) is 84.0 Å². The molecular formula is C22H30N4O3. The Kier molecular flexibility index (Phi) is 8.82. The van der Waals surface area contributed by atoms with Crippen molar-refractivity contribution in [2.45, 2.75) is 20.0 Å². The highest BCUT2D eigenvalue weighted by Crippen LogP contribution is 2.17. The van der Waals surface area contributed by atoms with Crippen molar-refractivity contribution < 1.29 is 14.3 Å². The summed E-state index contributed by atoms with van der Waals surface area (Å²) in [5, 5.41) is 9.27. The molecule has 0 aliphatic heterocycles. The summed E-state index contributed by atoms with van der Waals surface area (Å²) in [7, 11) is 3.28.